The van der Waals surface area contributed by atoms with Gasteiger partial charge in [0.25, 0.3) is 0 Å². The number of carbonyl (C=O) groups excluding carboxylic acids is 2. The molecule has 1 fully saturated rings. The molecule has 1 atom stereocenters. The predicted molar refractivity (Wildman–Crippen MR) is 81.8 cm³/mol. The maximum atomic E-state index is 12.2. The zero-order chi connectivity index (χ0) is 15.9. The molecule has 3 N–H and O–H groups in total. The Labute approximate surface area is 129 Å². The van der Waals surface area contributed by atoms with Crippen LogP contribution in [0.4, 0.5) is 10.5 Å². The van der Waals surface area contributed by atoms with Crippen molar-refractivity contribution >= 4 is 17.6 Å². The van der Waals surface area contributed by atoms with E-state index in [1.807, 2.05) is 19.1 Å². The van der Waals surface area contributed by atoms with Crippen molar-refractivity contribution in [3.63, 3.8) is 0 Å². The smallest absolute Gasteiger partial charge is 0.322 e. The fraction of sp³-hybridized carbons (Fsp3) is 0.467. The molecule has 0 aromatic heterocycles. The number of nitrogens with two attached hydrogens (primary N) is 1. The number of morpholine rings is 1. The molecule has 1 aromatic rings. The molecule has 1 heterocycles. The first-order valence-electron chi connectivity index (χ1n) is 7.30. The number of urea groups is 1. The fourth-order valence-electron chi connectivity index (χ4n) is 2.09. The lowest BCUT2D eigenvalue weighted by Crippen LogP contribution is -2.51. The highest BCUT2D eigenvalue weighted by molar-refractivity contribution is 5.90. The van der Waals surface area contributed by atoms with Gasteiger partial charge >= 0.3 is 6.03 Å². The molecule has 1 aliphatic heterocycles. The van der Waals surface area contributed by atoms with Crippen molar-refractivity contribution in [3.05, 3.63) is 24.3 Å². The van der Waals surface area contributed by atoms with Crippen LogP contribution in [0.1, 0.15) is 13.3 Å². The van der Waals surface area contributed by atoms with Crippen LogP contribution in [-0.2, 0) is 9.53 Å². The summed E-state index contributed by atoms with van der Waals surface area (Å²) in [6.45, 7) is 3.52. The van der Waals surface area contributed by atoms with E-state index in [9.17, 15) is 9.59 Å². The number of hydrogen-bond acceptors (Lipinski definition) is 4. The second-order valence-corrected chi connectivity index (χ2v) is 5.01. The summed E-state index contributed by atoms with van der Waals surface area (Å²) in [5.74, 6) is 0.143. The van der Waals surface area contributed by atoms with Gasteiger partial charge in [-0.05, 0) is 18.6 Å². The van der Waals surface area contributed by atoms with E-state index in [1.54, 1.807) is 12.1 Å². The molecule has 0 bridgehead atoms. The third kappa shape index (κ3) is 4.36. The SMILES string of the molecule is CCCOc1cccc(NC(=O)N2CCO[C@H](C(N)=O)C2)c1. The Balaban J connectivity index is 1.95. The van der Waals surface area contributed by atoms with Crippen molar-refractivity contribution in [2.24, 2.45) is 5.73 Å². The lowest BCUT2D eigenvalue weighted by atomic mass is 10.2. The van der Waals surface area contributed by atoms with Crippen LogP contribution in [0.5, 0.6) is 5.75 Å². The van der Waals surface area contributed by atoms with Crippen molar-refractivity contribution in [3.8, 4) is 5.75 Å². The molecule has 1 aromatic carbocycles. The molecule has 7 nitrogen and oxygen atoms in total. The highest BCUT2D eigenvalue weighted by Gasteiger charge is 2.27. The molecule has 0 spiro atoms. The van der Waals surface area contributed by atoms with Gasteiger partial charge in [-0.3, -0.25) is 4.79 Å². The summed E-state index contributed by atoms with van der Waals surface area (Å²) in [4.78, 5) is 24.9. The lowest BCUT2D eigenvalue weighted by molar-refractivity contribution is -0.133. The molecule has 22 heavy (non-hydrogen) atoms. The van der Waals surface area contributed by atoms with E-state index >= 15 is 0 Å². The Morgan fingerprint density at radius 1 is 1.50 bits per heavy atom. The largest absolute Gasteiger partial charge is 0.494 e. The van der Waals surface area contributed by atoms with Crippen LogP contribution in [0.25, 0.3) is 0 Å². The molecular formula is C15H21N3O4. The second kappa shape index (κ2) is 7.65. The molecule has 0 unspecified atom stereocenters. The molecule has 7 heteroatoms. The van der Waals surface area contributed by atoms with Gasteiger partial charge in [-0.25, -0.2) is 4.79 Å². The predicted octanol–water partition coefficient (Wildman–Crippen LogP) is 1.19. The Morgan fingerprint density at radius 2 is 2.32 bits per heavy atom. The summed E-state index contributed by atoms with van der Waals surface area (Å²) in [6, 6.07) is 6.90. The fourth-order valence-corrected chi connectivity index (χ4v) is 2.09. The van der Waals surface area contributed by atoms with Crippen LogP contribution in [-0.4, -0.2) is 49.2 Å². The monoisotopic (exact) mass is 307 g/mol. The minimum atomic E-state index is -0.751. The molecule has 1 aliphatic rings. The summed E-state index contributed by atoms with van der Waals surface area (Å²) in [7, 11) is 0. The van der Waals surface area contributed by atoms with Gasteiger partial charge in [0, 0.05) is 18.3 Å². The summed E-state index contributed by atoms with van der Waals surface area (Å²) in [6.07, 6.45) is 0.164. The van der Waals surface area contributed by atoms with E-state index in [0.29, 0.717) is 31.2 Å². The first kappa shape index (κ1) is 16.1. The van der Waals surface area contributed by atoms with Gasteiger partial charge in [0.1, 0.15) is 5.75 Å². The van der Waals surface area contributed by atoms with E-state index in [-0.39, 0.29) is 12.6 Å². The minimum absolute atomic E-state index is 0.160. The van der Waals surface area contributed by atoms with Crippen LogP contribution in [0.15, 0.2) is 24.3 Å². The molecule has 3 amide bonds. The number of rotatable bonds is 5. The topological polar surface area (TPSA) is 93.9 Å². The average molecular weight is 307 g/mol. The van der Waals surface area contributed by atoms with Crippen LogP contribution in [0, 0.1) is 0 Å². The average Bonchev–Trinajstić information content (AvgIpc) is 2.53. The Bertz CT molecular complexity index is 535. The number of ether oxygens (including phenoxy) is 2. The molecule has 0 aliphatic carbocycles. The van der Waals surface area contributed by atoms with Crippen molar-refractivity contribution in [1.82, 2.24) is 4.90 Å². The number of hydrogen-bond donors (Lipinski definition) is 2. The number of carbonyl (C=O) groups is 2. The maximum Gasteiger partial charge on any atom is 0.322 e. The van der Waals surface area contributed by atoms with Gasteiger partial charge in [0.15, 0.2) is 6.10 Å². The van der Waals surface area contributed by atoms with Crippen molar-refractivity contribution in [2.45, 2.75) is 19.4 Å². The zero-order valence-electron chi connectivity index (χ0n) is 12.6. The van der Waals surface area contributed by atoms with E-state index in [0.717, 1.165) is 6.42 Å². The standard InChI is InChI=1S/C15H21N3O4/c1-2-7-21-12-5-3-4-11(9-12)17-15(20)18-6-8-22-13(10-18)14(16)19/h3-5,9,13H,2,6-8,10H2,1H3,(H2,16,19)(H,17,20)/t13-/m0/s1. The van der Waals surface area contributed by atoms with Crippen LogP contribution in [0.2, 0.25) is 0 Å². The number of primary amides is 1. The van der Waals surface area contributed by atoms with Gasteiger partial charge in [0.2, 0.25) is 5.91 Å². The Morgan fingerprint density at radius 3 is 3.05 bits per heavy atom. The summed E-state index contributed by atoms with van der Waals surface area (Å²) in [5.41, 5.74) is 5.85. The zero-order valence-corrected chi connectivity index (χ0v) is 12.6. The molecule has 2 rings (SSSR count). The number of amides is 3. The van der Waals surface area contributed by atoms with E-state index in [1.165, 1.54) is 4.90 Å². The van der Waals surface area contributed by atoms with Crippen LogP contribution in [0.3, 0.4) is 0 Å². The number of anilines is 1. The number of benzene rings is 1. The van der Waals surface area contributed by atoms with Crippen LogP contribution >= 0.6 is 0 Å². The quantitative estimate of drug-likeness (QED) is 0.854. The Hall–Kier alpha value is -2.28. The van der Waals surface area contributed by atoms with Crippen LogP contribution < -0.4 is 15.8 Å². The minimum Gasteiger partial charge on any atom is -0.494 e. The third-order valence-electron chi connectivity index (χ3n) is 3.23. The second-order valence-electron chi connectivity index (χ2n) is 5.01. The maximum absolute atomic E-state index is 12.2. The van der Waals surface area contributed by atoms with Gasteiger partial charge in [0.05, 0.1) is 19.8 Å². The molecule has 0 saturated carbocycles. The molecule has 120 valence electrons. The Kier molecular flexibility index (Phi) is 5.60. The van der Waals surface area contributed by atoms with Crippen molar-refractivity contribution < 1.29 is 19.1 Å². The number of nitrogens with one attached hydrogen (secondary N) is 1. The normalized spacial score (nSPS) is 17.9. The summed E-state index contributed by atoms with van der Waals surface area (Å²) < 4.78 is 10.7. The van der Waals surface area contributed by atoms with Crippen molar-refractivity contribution in [1.29, 1.82) is 0 Å². The first-order chi connectivity index (χ1) is 10.6. The van der Waals surface area contributed by atoms with E-state index < -0.39 is 12.0 Å². The van der Waals surface area contributed by atoms with Gasteiger partial charge < -0.3 is 25.4 Å². The highest BCUT2D eigenvalue weighted by atomic mass is 16.5. The van der Waals surface area contributed by atoms with E-state index in [2.05, 4.69) is 5.32 Å². The van der Waals surface area contributed by atoms with E-state index in [4.69, 9.17) is 15.2 Å². The highest BCUT2D eigenvalue weighted by Crippen LogP contribution is 2.18. The van der Waals surface area contributed by atoms with Crippen molar-refractivity contribution in [2.75, 3.05) is 31.6 Å². The van der Waals surface area contributed by atoms with Gasteiger partial charge in [-0.2, -0.15) is 0 Å². The van der Waals surface area contributed by atoms with Gasteiger partial charge in [-0.1, -0.05) is 13.0 Å². The summed E-state index contributed by atoms with van der Waals surface area (Å²) >= 11 is 0. The lowest BCUT2D eigenvalue weighted by Gasteiger charge is -2.31. The third-order valence-corrected chi connectivity index (χ3v) is 3.23. The number of nitrogens with zero attached hydrogens (tertiary/aromatic N) is 1. The molecule has 1 saturated heterocycles. The first-order valence-corrected chi connectivity index (χ1v) is 7.30. The summed E-state index contributed by atoms with van der Waals surface area (Å²) in [5, 5.41) is 2.79. The molecular weight excluding hydrogens is 286 g/mol. The van der Waals surface area contributed by atoms with Gasteiger partial charge in [-0.15, -0.1) is 0 Å². The molecule has 0 radical (unpaired) electrons.